The third-order valence-corrected chi connectivity index (χ3v) is 4.13. The molecule has 1 heterocycles. The van der Waals surface area contributed by atoms with Gasteiger partial charge in [-0.1, -0.05) is 24.3 Å². The molecule has 0 aliphatic heterocycles. The van der Waals surface area contributed by atoms with Crippen LogP contribution in [0.15, 0.2) is 79.1 Å². The molecule has 0 aliphatic rings. The van der Waals surface area contributed by atoms with E-state index in [2.05, 4.69) is 4.98 Å². The van der Waals surface area contributed by atoms with Crippen molar-refractivity contribution in [2.45, 2.75) is 6.61 Å². The number of carbonyl (C=O) groups is 1. The Morgan fingerprint density at radius 2 is 1.66 bits per heavy atom. The number of methoxy groups -OCH3 is 1. The maximum atomic E-state index is 12.3. The minimum absolute atomic E-state index is 0.0645. The lowest BCUT2D eigenvalue weighted by Gasteiger charge is -2.06. The minimum Gasteiger partial charge on any atom is -0.491 e. The van der Waals surface area contributed by atoms with Crippen LogP contribution in [0.4, 0.5) is 0 Å². The van der Waals surface area contributed by atoms with Crippen molar-refractivity contribution < 1.29 is 19.0 Å². The summed E-state index contributed by atoms with van der Waals surface area (Å²) in [6, 6.07) is 18.5. The maximum Gasteiger partial charge on any atom is 0.185 e. The Morgan fingerprint density at radius 3 is 2.34 bits per heavy atom. The zero-order valence-electron chi connectivity index (χ0n) is 16.3. The summed E-state index contributed by atoms with van der Waals surface area (Å²) in [5.41, 5.74) is 2.54. The summed E-state index contributed by atoms with van der Waals surface area (Å²) < 4.78 is 16.2. The minimum atomic E-state index is -0.0645. The third-order valence-electron chi connectivity index (χ3n) is 4.13. The zero-order chi connectivity index (χ0) is 20.3. The maximum absolute atomic E-state index is 12.3. The molecule has 0 spiro atoms. The molecule has 148 valence electrons. The van der Waals surface area contributed by atoms with Crippen molar-refractivity contribution in [3.05, 3.63) is 95.8 Å². The lowest BCUT2D eigenvalue weighted by molar-refractivity contribution is 0.104. The smallest absolute Gasteiger partial charge is 0.185 e. The predicted octanol–water partition coefficient (Wildman–Crippen LogP) is 4.58. The molecular weight excluding hydrogens is 366 g/mol. The van der Waals surface area contributed by atoms with Gasteiger partial charge >= 0.3 is 0 Å². The molecule has 0 saturated heterocycles. The topological polar surface area (TPSA) is 57.7 Å². The van der Waals surface area contributed by atoms with Crippen LogP contribution in [-0.4, -0.2) is 31.1 Å². The van der Waals surface area contributed by atoms with E-state index >= 15 is 0 Å². The Bertz CT molecular complexity index is 919. The van der Waals surface area contributed by atoms with E-state index in [0.29, 0.717) is 31.1 Å². The number of hydrogen-bond acceptors (Lipinski definition) is 5. The van der Waals surface area contributed by atoms with Crippen molar-refractivity contribution in [2.75, 3.05) is 20.3 Å². The second kappa shape index (κ2) is 10.8. The third kappa shape index (κ3) is 6.59. The van der Waals surface area contributed by atoms with Crippen LogP contribution < -0.4 is 9.47 Å². The van der Waals surface area contributed by atoms with E-state index < -0.39 is 0 Å². The number of ketones is 1. The fraction of sp³-hybridized carbons (Fsp3) is 0.167. The van der Waals surface area contributed by atoms with Gasteiger partial charge < -0.3 is 14.2 Å². The van der Waals surface area contributed by atoms with Crippen molar-refractivity contribution >= 4 is 11.9 Å². The summed E-state index contributed by atoms with van der Waals surface area (Å²) in [4.78, 5) is 16.4. The number of rotatable bonds is 10. The van der Waals surface area contributed by atoms with Gasteiger partial charge in [-0.25, -0.2) is 0 Å². The highest BCUT2D eigenvalue weighted by atomic mass is 16.5. The number of pyridine rings is 1. The quantitative estimate of drug-likeness (QED) is 0.289. The van der Waals surface area contributed by atoms with Gasteiger partial charge in [0, 0.05) is 30.6 Å². The molecule has 0 unspecified atom stereocenters. The Balaban J connectivity index is 1.51. The van der Waals surface area contributed by atoms with Crippen LogP contribution in [0, 0.1) is 0 Å². The summed E-state index contributed by atoms with van der Waals surface area (Å²) in [6.45, 7) is 1.47. The lowest BCUT2D eigenvalue weighted by Crippen LogP contribution is -2.04. The van der Waals surface area contributed by atoms with Gasteiger partial charge in [-0.2, -0.15) is 0 Å². The Morgan fingerprint density at radius 1 is 0.931 bits per heavy atom. The molecule has 0 amide bonds. The van der Waals surface area contributed by atoms with Gasteiger partial charge in [0.25, 0.3) is 0 Å². The van der Waals surface area contributed by atoms with Crippen LogP contribution in [0.25, 0.3) is 6.08 Å². The summed E-state index contributed by atoms with van der Waals surface area (Å²) in [5.74, 6) is 1.41. The van der Waals surface area contributed by atoms with E-state index in [0.717, 1.165) is 16.9 Å². The average Bonchev–Trinajstić information content (AvgIpc) is 2.78. The molecule has 1 aromatic heterocycles. The number of nitrogens with zero attached hydrogens (tertiary/aromatic N) is 1. The van der Waals surface area contributed by atoms with Crippen LogP contribution in [0.3, 0.4) is 0 Å². The largest absolute Gasteiger partial charge is 0.491 e. The highest BCUT2D eigenvalue weighted by Gasteiger charge is 2.03. The van der Waals surface area contributed by atoms with Crippen LogP contribution in [0.2, 0.25) is 0 Å². The van der Waals surface area contributed by atoms with Gasteiger partial charge in [0.05, 0.1) is 6.61 Å². The summed E-state index contributed by atoms with van der Waals surface area (Å²) >= 11 is 0. The molecule has 3 rings (SSSR count). The van der Waals surface area contributed by atoms with Gasteiger partial charge in [-0.3, -0.25) is 9.78 Å². The van der Waals surface area contributed by atoms with E-state index in [4.69, 9.17) is 14.2 Å². The molecule has 0 radical (unpaired) electrons. The fourth-order valence-corrected chi connectivity index (χ4v) is 2.55. The average molecular weight is 389 g/mol. The molecule has 0 N–H and O–H groups in total. The second-order valence-electron chi connectivity index (χ2n) is 6.28. The van der Waals surface area contributed by atoms with Crippen molar-refractivity contribution in [2.24, 2.45) is 0 Å². The van der Waals surface area contributed by atoms with Crippen LogP contribution in [0.1, 0.15) is 21.5 Å². The number of hydrogen-bond donors (Lipinski definition) is 0. The number of benzene rings is 2. The molecule has 29 heavy (non-hydrogen) atoms. The summed E-state index contributed by atoms with van der Waals surface area (Å²) in [5, 5.41) is 0. The molecule has 0 bridgehead atoms. The molecule has 5 nitrogen and oxygen atoms in total. The molecule has 0 saturated carbocycles. The van der Waals surface area contributed by atoms with Gasteiger partial charge in [-0.15, -0.1) is 0 Å². The number of carbonyl (C=O) groups excluding carboxylic acids is 1. The van der Waals surface area contributed by atoms with Crippen molar-refractivity contribution in [3.63, 3.8) is 0 Å². The molecule has 0 aliphatic carbocycles. The Hall–Kier alpha value is -3.44. The first-order valence-corrected chi connectivity index (χ1v) is 9.30. The van der Waals surface area contributed by atoms with Crippen molar-refractivity contribution in [1.82, 2.24) is 4.98 Å². The first kappa shape index (κ1) is 20.3. The standard InChI is InChI=1S/C24H23NO4/c1-27-15-16-28-22-11-7-21(8-12-22)24(26)13-6-19-4-9-23(10-5-19)29-18-20-3-2-14-25-17-20/h2-14,17H,15-16,18H2,1H3/b13-6+. The highest BCUT2D eigenvalue weighted by molar-refractivity contribution is 6.06. The molecule has 0 atom stereocenters. The van der Waals surface area contributed by atoms with E-state index in [-0.39, 0.29) is 5.78 Å². The monoisotopic (exact) mass is 389 g/mol. The normalized spacial score (nSPS) is 10.8. The van der Waals surface area contributed by atoms with Gasteiger partial charge in [0.15, 0.2) is 5.78 Å². The van der Waals surface area contributed by atoms with Crippen LogP contribution in [-0.2, 0) is 11.3 Å². The van der Waals surface area contributed by atoms with Crippen molar-refractivity contribution in [3.8, 4) is 11.5 Å². The highest BCUT2D eigenvalue weighted by Crippen LogP contribution is 2.16. The van der Waals surface area contributed by atoms with Gasteiger partial charge in [0.2, 0.25) is 0 Å². The summed E-state index contributed by atoms with van der Waals surface area (Å²) in [7, 11) is 1.63. The SMILES string of the molecule is COCCOc1ccc(C(=O)/C=C/c2ccc(OCc3cccnc3)cc2)cc1. The number of allylic oxidation sites excluding steroid dienone is 1. The van der Waals surface area contributed by atoms with Crippen molar-refractivity contribution in [1.29, 1.82) is 0 Å². The summed E-state index contributed by atoms with van der Waals surface area (Å²) in [6.07, 6.45) is 6.86. The van der Waals surface area contributed by atoms with E-state index in [9.17, 15) is 4.79 Å². The Kier molecular flexibility index (Phi) is 7.55. The number of ether oxygens (including phenoxy) is 3. The predicted molar refractivity (Wildman–Crippen MR) is 112 cm³/mol. The fourth-order valence-electron chi connectivity index (χ4n) is 2.55. The molecule has 3 aromatic rings. The Labute approximate surface area is 170 Å². The lowest BCUT2D eigenvalue weighted by atomic mass is 10.1. The second-order valence-corrected chi connectivity index (χ2v) is 6.28. The van der Waals surface area contributed by atoms with Gasteiger partial charge in [-0.05, 0) is 54.1 Å². The van der Waals surface area contributed by atoms with E-state index in [1.165, 1.54) is 0 Å². The first-order valence-electron chi connectivity index (χ1n) is 9.30. The molecule has 5 heteroatoms. The number of aromatic nitrogens is 1. The molecule has 0 fully saturated rings. The zero-order valence-corrected chi connectivity index (χ0v) is 16.3. The van der Waals surface area contributed by atoms with Crippen LogP contribution in [0.5, 0.6) is 11.5 Å². The van der Waals surface area contributed by atoms with E-state index in [1.54, 1.807) is 55.9 Å². The van der Waals surface area contributed by atoms with Gasteiger partial charge in [0.1, 0.15) is 24.7 Å². The molecular formula is C24H23NO4. The molecule has 2 aromatic carbocycles. The van der Waals surface area contributed by atoms with Crippen LogP contribution >= 0.6 is 0 Å². The van der Waals surface area contributed by atoms with E-state index in [1.807, 2.05) is 36.4 Å². The first-order chi connectivity index (χ1) is 14.2.